The molecule has 12 heavy (non-hydrogen) atoms. The van der Waals surface area contributed by atoms with Crippen molar-refractivity contribution < 1.29 is 33.2 Å². The van der Waals surface area contributed by atoms with Crippen molar-refractivity contribution >= 4 is 74.8 Å². The number of hydrogen-bond donors (Lipinski definition) is 0. The summed E-state index contributed by atoms with van der Waals surface area (Å²) in [6, 6.07) is 0. The van der Waals surface area contributed by atoms with Crippen molar-refractivity contribution in [2.75, 3.05) is 0 Å². The molecule has 0 saturated carbocycles. The molecule has 0 unspecified atom stereocenters. The van der Waals surface area contributed by atoms with Gasteiger partial charge >= 0.3 is 108 Å². The third-order valence-electron chi connectivity index (χ3n) is 0.556. The Balaban J connectivity index is 0. The Morgan fingerprint density at radius 1 is 1.00 bits per heavy atom. The third-order valence-corrected chi connectivity index (χ3v) is 0.556. The fourth-order valence-corrected chi connectivity index (χ4v) is 0.246. The maximum Gasteiger partial charge on any atom is 2.00 e. The molecule has 0 aliphatic carbocycles. The van der Waals surface area contributed by atoms with Gasteiger partial charge in [-0.25, -0.2) is 0 Å². The van der Waals surface area contributed by atoms with Crippen molar-refractivity contribution in [3.05, 3.63) is 0 Å². The van der Waals surface area contributed by atoms with Gasteiger partial charge in [0.2, 0.25) is 0 Å². The quantitative estimate of drug-likeness (QED) is 0.431. The minimum absolute atomic E-state index is 0. The van der Waals surface area contributed by atoms with Gasteiger partial charge in [-0.2, -0.15) is 0 Å². The first kappa shape index (κ1) is 15.3. The summed E-state index contributed by atoms with van der Waals surface area (Å²) >= 11 is 0. The molecule has 0 heterocycles. The van der Waals surface area contributed by atoms with Crippen LogP contribution >= 0.6 is 0 Å². The minimum atomic E-state index is -2.27. The van der Waals surface area contributed by atoms with Crippen LogP contribution in [-0.2, 0) is 23.1 Å². The van der Waals surface area contributed by atoms with E-state index in [1.54, 1.807) is 0 Å². The van der Waals surface area contributed by atoms with Crippen LogP contribution in [0.25, 0.3) is 0 Å². The molecule has 0 aromatic carbocycles. The second-order valence-electron chi connectivity index (χ2n) is 1.18. The molecule has 0 aromatic heterocycles. The average molecular weight is 243 g/mol. The first-order chi connectivity index (χ1) is 5.20. The molecule has 0 aliphatic heterocycles. The standard InChI is InChI=1S/B4O7.Sr/c5-1-9-3(7)11-4(8)10-2-6;/q-2;+2. The fourth-order valence-electron chi connectivity index (χ4n) is 0.246. The fraction of sp³-hybridized carbons (Fsp3) is 0. The maximum atomic E-state index is 10.1. The molecule has 12 heteroatoms. The Morgan fingerprint density at radius 2 is 1.33 bits per heavy atom. The summed E-state index contributed by atoms with van der Waals surface area (Å²) in [4.78, 5) is 0. The first-order valence-electron chi connectivity index (χ1n) is 2.36. The van der Waals surface area contributed by atoms with Crippen LogP contribution in [0.1, 0.15) is 0 Å². The summed E-state index contributed by atoms with van der Waals surface area (Å²) in [7, 11) is -4.92. The van der Waals surface area contributed by atoms with Crippen molar-refractivity contribution in [2.45, 2.75) is 0 Å². The van der Waals surface area contributed by atoms with E-state index in [4.69, 9.17) is 0 Å². The summed E-state index contributed by atoms with van der Waals surface area (Å²) in [5.74, 6) is 0. The van der Waals surface area contributed by atoms with Crippen LogP contribution < -0.4 is 10.0 Å². The van der Waals surface area contributed by atoms with Crippen molar-refractivity contribution in [3.8, 4) is 0 Å². The van der Waals surface area contributed by atoms with Gasteiger partial charge in [-0.1, -0.05) is 0 Å². The molecule has 0 aromatic rings. The minimum Gasteiger partial charge on any atom is 2.00 e. The van der Waals surface area contributed by atoms with Crippen LogP contribution in [0.2, 0.25) is 0 Å². The van der Waals surface area contributed by atoms with E-state index < -0.39 is 14.6 Å². The average Bonchev–Trinajstić information content (AvgIpc) is 1.87. The zero-order valence-corrected chi connectivity index (χ0v) is 9.35. The largest absolute Gasteiger partial charge is 2.00 e. The predicted molar refractivity (Wildman–Crippen MR) is 33.4 cm³/mol. The molecule has 0 rings (SSSR count). The molecular formula is B4O7Sr. The van der Waals surface area contributed by atoms with Crippen molar-refractivity contribution in [1.29, 1.82) is 0 Å². The molecule has 0 bridgehead atoms. The summed E-state index contributed by atoms with van der Waals surface area (Å²) < 4.78 is 29.8. The van der Waals surface area contributed by atoms with Gasteiger partial charge in [-0.3, -0.25) is 0 Å². The van der Waals surface area contributed by atoms with Crippen molar-refractivity contribution in [1.82, 2.24) is 0 Å². The Bertz CT molecular complexity index is 115. The molecule has 56 valence electrons. The Labute approximate surface area is 107 Å². The smallest absolute Gasteiger partial charge is 2.00 e. The Morgan fingerprint density at radius 3 is 1.58 bits per heavy atom. The maximum absolute atomic E-state index is 10.1. The molecule has 0 aliphatic rings. The van der Waals surface area contributed by atoms with Crippen LogP contribution in [0.5, 0.6) is 0 Å². The van der Waals surface area contributed by atoms with Crippen LogP contribution in [0.4, 0.5) is 0 Å². The molecule has 0 amide bonds. The molecule has 0 fully saturated rings. The van der Waals surface area contributed by atoms with Crippen LogP contribution in [0.3, 0.4) is 0 Å². The van der Waals surface area contributed by atoms with E-state index in [0.717, 1.165) is 0 Å². The van der Waals surface area contributed by atoms with Crippen LogP contribution in [0.15, 0.2) is 0 Å². The van der Waals surface area contributed by atoms with E-state index in [9.17, 15) is 19.5 Å². The van der Waals surface area contributed by atoms with Gasteiger partial charge in [0.05, 0.1) is 0 Å². The van der Waals surface area contributed by atoms with Gasteiger partial charge in [0, 0.05) is 0 Å². The third kappa shape index (κ3) is 8.91. The van der Waals surface area contributed by atoms with Crippen LogP contribution in [-0.4, -0.2) is 74.8 Å². The van der Waals surface area contributed by atoms with E-state index in [2.05, 4.69) is 13.7 Å². The van der Waals surface area contributed by atoms with E-state index in [0.29, 0.717) is 0 Å². The second-order valence-corrected chi connectivity index (χ2v) is 1.18. The van der Waals surface area contributed by atoms with E-state index in [1.807, 2.05) is 0 Å². The van der Waals surface area contributed by atoms with Crippen LogP contribution in [0, 0.1) is 0 Å². The molecule has 0 saturated heterocycles. The summed E-state index contributed by atoms with van der Waals surface area (Å²) in [6.45, 7) is 0. The monoisotopic (exact) mass is 244 g/mol. The van der Waals surface area contributed by atoms with E-state index in [1.165, 1.54) is 0 Å². The summed E-state index contributed by atoms with van der Waals surface area (Å²) in [5, 5.41) is 20.3. The van der Waals surface area contributed by atoms with Gasteiger partial charge in [-0.05, 0) is 0 Å². The topological polar surface area (TPSA) is 108 Å². The van der Waals surface area contributed by atoms with Gasteiger partial charge < -0.3 is 0 Å². The molecule has 7 nitrogen and oxygen atoms in total. The molecule has 0 N–H and O–H groups in total. The number of hydrogen-bond acceptors (Lipinski definition) is 7. The molecule has 0 atom stereocenters. The van der Waals surface area contributed by atoms with Gasteiger partial charge in [0.25, 0.3) is 0 Å². The molecule has 0 radical (unpaired) electrons. The van der Waals surface area contributed by atoms with E-state index in [-0.39, 0.29) is 60.2 Å². The first-order valence-corrected chi connectivity index (χ1v) is 2.36. The van der Waals surface area contributed by atoms with Crippen molar-refractivity contribution in [3.63, 3.8) is 0 Å². The molecule has 0 spiro atoms. The zero-order chi connectivity index (χ0) is 8.69. The molecular weight excluding hydrogens is 243 g/mol. The Hall–Kier alpha value is 0.820. The summed E-state index contributed by atoms with van der Waals surface area (Å²) in [6.07, 6.45) is 0. The predicted octanol–water partition coefficient (Wildman–Crippen LogP) is -4.72. The van der Waals surface area contributed by atoms with E-state index >= 15 is 0 Å². The Kier molecular flexibility index (Phi) is 12.6. The van der Waals surface area contributed by atoms with Gasteiger partial charge in [-0.15, -0.1) is 0 Å². The van der Waals surface area contributed by atoms with Gasteiger partial charge in [0.1, 0.15) is 0 Å². The number of rotatable bonds is 6. The summed E-state index contributed by atoms with van der Waals surface area (Å²) in [5.41, 5.74) is 0. The SMILES string of the molecule is O=BOB([O-])OB([O-])OB=O.[Sr+2]. The second kappa shape index (κ2) is 9.90. The van der Waals surface area contributed by atoms with Gasteiger partial charge in [0.15, 0.2) is 0 Å². The van der Waals surface area contributed by atoms with Crippen molar-refractivity contribution in [2.24, 2.45) is 0 Å². The normalized spacial score (nSPS) is 6.83. The zero-order valence-electron chi connectivity index (χ0n) is 5.87.